The number of aryl methyl sites for hydroxylation is 1. The Morgan fingerprint density at radius 3 is 2.15 bits per heavy atom. The Balaban J connectivity index is 1.62. The number of ether oxygens (including phenoxy) is 2. The predicted octanol–water partition coefficient (Wildman–Crippen LogP) is 5.65. The Morgan fingerprint density at radius 2 is 1.61 bits per heavy atom. The molecule has 0 fully saturated rings. The van der Waals surface area contributed by atoms with Gasteiger partial charge in [-0.2, -0.15) is 0 Å². The largest absolute Gasteiger partial charge is 0.497 e. The standard InChI is InChI=1S/C24H24N4O3S2/c1-14-13-32-23(25-14)28-22(29)15(2)33-24-26-20(16-5-9-18(30-3)10-6-16)21(27-24)17-7-11-19(31-4)12-8-17/h5-13,15H,1-4H3,(H,26,27)(H,25,28,29). The second-order valence-electron chi connectivity index (χ2n) is 7.27. The van der Waals surface area contributed by atoms with Crippen LogP contribution in [0.2, 0.25) is 0 Å². The normalized spacial score (nSPS) is 11.8. The predicted molar refractivity (Wildman–Crippen MR) is 133 cm³/mol. The van der Waals surface area contributed by atoms with Gasteiger partial charge in [-0.3, -0.25) is 4.79 Å². The summed E-state index contributed by atoms with van der Waals surface area (Å²) >= 11 is 2.78. The molecule has 2 aromatic carbocycles. The lowest BCUT2D eigenvalue weighted by molar-refractivity contribution is -0.115. The van der Waals surface area contributed by atoms with Gasteiger partial charge >= 0.3 is 0 Å². The number of thioether (sulfide) groups is 1. The number of amides is 1. The summed E-state index contributed by atoms with van der Waals surface area (Å²) in [5.74, 6) is 1.43. The van der Waals surface area contributed by atoms with Gasteiger partial charge in [0.05, 0.1) is 36.6 Å². The third-order valence-corrected chi connectivity index (χ3v) is 6.79. The summed E-state index contributed by atoms with van der Waals surface area (Å²) in [6.07, 6.45) is 0. The molecule has 0 bridgehead atoms. The van der Waals surface area contributed by atoms with E-state index in [4.69, 9.17) is 14.5 Å². The molecule has 0 saturated heterocycles. The number of carbonyl (C=O) groups is 1. The van der Waals surface area contributed by atoms with Crippen molar-refractivity contribution in [2.24, 2.45) is 0 Å². The summed E-state index contributed by atoms with van der Waals surface area (Å²) in [7, 11) is 3.28. The van der Waals surface area contributed by atoms with Crippen molar-refractivity contribution < 1.29 is 14.3 Å². The highest BCUT2D eigenvalue weighted by Gasteiger charge is 2.21. The molecule has 0 aliphatic carbocycles. The minimum absolute atomic E-state index is 0.122. The number of thiazole rings is 1. The van der Waals surface area contributed by atoms with Gasteiger partial charge in [-0.05, 0) is 62.4 Å². The Bertz CT molecular complexity index is 1170. The van der Waals surface area contributed by atoms with Crippen LogP contribution in [-0.4, -0.2) is 40.3 Å². The molecule has 0 saturated carbocycles. The van der Waals surface area contributed by atoms with Crippen LogP contribution in [0, 0.1) is 6.92 Å². The maximum atomic E-state index is 12.7. The number of aromatic nitrogens is 3. The van der Waals surface area contributed by atoms with Crippen LogP contribution in [0.3, 0.4) is 0 Å². The first-order chi connectivity index (χ1) is 16.0. The lowest BCUT2D eigenvalue weighted by Crippen LogP contribution is -2.22. The molecule has 170 valence electrons. The SMILES string of the molecule is COc1ccc(-c2nc(SC(C)C(=O)Nc3nc(C)cs3)[nH]c2-c2ccc(OC)cc2)cc1. The van der Waals surface area contributed by atoms with Gasteiger partial charge in [0.2, 0.25) is 5.91 Å². The molecule has 0 aliphatic rings. The van der Waals surface area contributed by atoms with Crippen LogP contribution in [0.15, 0.2) is 59.1 Å². The molecule has 1 atom stereocenters. The van der Waals surface area contributed by atoms with Gasteiger partial charge in [0, 0.05) is 16.5 Å². The molecule has 2 heterocycles. The lowest BCUT2D eigenvalue weighted by Gasteiger charge is -2.08. The summed E-state index contributed by atoms with van der Waals surface area (Å²) in [6, 6.07) is 15.5. The summed E-state index contributed by atoms with van der Waals surface area (Å²) in [6.45, 7) is 3.75. The van der Waals surface area contributed by atoms with Crippen LogP contribution in [-0.2, 0) is 4.79 Å². The molecule has 4 aromatic rings. The van der Waals surface area contributed by atoms with Gasteiger partial charge in [0.1, 0.15) is 11.5 Å². The van der Waals surface area contributed by atoms with E-state index in [9.17, 15) is 4.79 Å². The summed E-state index contributed by atoms with van der Waals surface area (Å²) in [4.78, 5) is 25.2. The van der Waals surface area contributed by atoms with Crippen molar-refractivity contribution in [2.45, 2.75) is 24.3 Å². The zero-order chi connectivity index (χ0) is 23.4. The maximum absolute atomic E-state index is 12.7. The van der Waals surface area contributed by atoms with Crippen LogP contribution in [0.5, 0.6) is 11.5 Å². The van der Waals surface area contributed by atoms with Crippen LogP contribution in [0.4, 0.5) is 5.13 Å². The monoisotopic (exact) mass is 480 g/mol. The number of nitrogens with zero attached hydrogens (tertiary/aromatic N) is 2. The smallest absolute Gasteiger partial charge is 0.239 e. The Morgan fingerprint density at radius 1 is 1.00 bits per heavy atom. The Kier molecular flexibility index (Phi) is 7.00. The van der Waals surface area contributed by atoms with Crippen molar-refractivity contribution in [3.05, 3.63) is 59.6 Å². The van der Waals surface area contributed by atoms with Crippen LogP contribution < -0.4 is 14.8 Å². The maximum Gasteiger partial charge on any atom is 0.239 e. The average molecular weight is 481 g/mol. The third kappa shape index (κ3) is 5.37. The molecular formula is C24H24N4O3S2. The number of anilines is 1. The fourth-order valence-electron chi connectivity index (χ4n) is 3.17. The summed E-state index contributed by atoms with van der Waals surface area (Å²) in [5, 5.41) is 5.66. The van der Waals surface area contributed by atoms with Crippen molar-refractivity contribution in [1.82, 2.24) is 15.0 Å². The molecule has 0 radical (unpaired) electrons. The van der Waals surface area contributed by atoms with E-state index in [2.05, 4.69) is 15.3 Å². The molecule has 9 heteroatoms. The Hall–Kier alpha value is -3.30. The van der Waals surface area contributed by atoms with E-state index in [0.29, 0.717) is 10.3 Å². The molecule has 4 rings (SSSR count). The second kappa shape index (κ2) is 10.1. The zero-order valence-electron chi connectivity index (χ0n) is 18.7. The summed E-state index contributed by atoms with van der Waals surface area (Å²) < 4.78 is 10.6. The number of aromatic amines is 1. The van der Waals surface area contributed by atoms with E-state index >= 15 is 0 Å². The average Bonchev–Trinajstić information content (AvgIpc) is 3.45. The van der Waals surface area contributed by atoms with Crippen LogP contribution in [0.1, 0.15) is 12.6 Å². The number of nitrogens with one attached hydrogen (secondary N) is 2. The fourth-order valence-corrected chi connectivity index (χ4v) is 4.67. The van der Waals surface area contributed by atoms with E-state index in [-0.39, 0.29) is 11.2 Å². The van der Waals surface area contributed by atoms with E-state index in [0.717, 1.165) is 39.7 Å². The van der Waals surface area contributed by atoms with Crippen molar-refractivity contribution in [3.8, 4) is 34.0 Å². The van der Waals surface area contributed by atoms with Crippen molar-refractivity contribution >= 4 is 34.1 Å². The highest BCUT2D eigenvalue weighted by atomic mass is 32.2. The highest BCUT2D eigenvalue weighted by Crippen LogP contribution is 2.35. The number of hydrogen-bond acceptors (Lipinski definition) is 7. The number of imidazole rings is 1. The van der Waals surface area contributed by atoms with Crippen molar-refractivity contribution in [2.75, 3.05) is 19.5 Å². The highest BCUT2D eigenvalue weighted by molar-refractivity contribution is 8.00. The second-order valence-corrected chi connectivity index (χ2v) is 9.45. The first-order valence-electron chi connectivity index (χ1n) is 10.3. The van der Waals surface area contributed by atoms with E-state index < -0.39 is 0 Å². The first-order valence-corrected chi connectivity index (χ1v) is 12.0. The van der Waals surface area contributed by atoms with Crippen molar-refractivity contribution in [3.63, 3.8) is 0 Å². The van der Waals surface area contributed by atoms with Gasteiger partial charge in [-0.25, -0.2) is 9.97 Å². The minimum Gasteiger partial charge on any atom is -0.497 e. The number of hydrogen-bond donors (Lipinski definition) is 2. The molecule has 7 nitrogen and oxygen atoms in total. The third-order valence-electron chi connectivity index (χ3n) is 4.93. The fraction of sp³-hybridized carbons (Fsp3) is 0.208. The molecule has 1 unspecified atom stereocenters. The number of carbonyl (C=O) groups excluding carboxylic acids is 1. The molecule has 0 aliphatic heterocycles. The van der Waals surface area contributed by atoms with Gasteiger partial charge in [-0.1, -0.05) is 11.8 Å². The van der Waals surface area contributed by atoms with Gasteiger partial charge < -0.3 is 19.8 Å². The number of methoxy groups -OCH3 is 2. The molecule has 2 aromatic heterocycles. The molecule has 0 spiro atoms. The Labute approximate surface area is 200 Å². The molecule has 1 amide bonds. The van der Waals surface area contributed by atoms with Crippen molar-refractivity contribution in [1.29, 1.82) is 0 Å². The van der Waals surface area contributed by atoms with Crippen LogP contribution in [0.25, 0.3) is 22.5 Å². The number of benzene rings is 2. The van der Waals surface area contributed by atoms with E-state index in [1.54, 1.807) is 14.2 Å². The van der Waals surface area contributed by atoms with Crippen LogP contribution >= 0.6 is 23.1 Å². The molecule has 2 N–H and O–H groups in total. The van der Waals surface area contributed by atoms with Gasteiger partial charge in [0.15, 0.2) is 10.3 Å². The summed E-state index contributed by atoms with van der Waals surface area (Å²) in [5.41, 5.74) is 4.47. The topological polar surface area (TPSA) is 89.1 Å². The number of rotatable bonds is 8. The van der Waals surface area contributed by atoms with E-state index in [1.165, 1.54) is 23.1 Å². The quantitative estimate of drug-likeness (QED) is 0.317. The molecular weight excluding hydrogens is 456 g/mol. The van der Waals surface area contributed by atoms with Gasteiger partial charge in [0.25, 0.3) is 0 Å². The molecule has 33 heavy (non-hydrogen) atoms. The lowest BCUT2D eigenvalue weighted by atomic mass is 10.0. The zero-order valence-corrected chi connectivity index (χ0v) is 20.3. The minimum atomic E-state index is -0.368. The van der Waals surface area contributed by atoms with Gasteiger partial charge in [-0.15, -0.1) is 11.3 Å². The number of H-pyrrole nitrogens is 1. The first kappa shape index (κ1) is 22.9. The van der Waals surface area contributed by atoms with E-state index in [1.807, 2.05) is 67.8 Å².